The Balaban J connectivity index is 1.41. The van der Waals surface area contributed by atoms with Crippen LogP contribution in [0.15, 0.2) is 88.8 Å². The normalized spacial score (nSPS) is 15.3. The maximum atomic E-state index is 13.2. The zero-order chi connectivity index (χ0) is 28.1. The number of hydrogen-bond acceptors (Lipinski definition) is 6. The quantitative estimate of drug-likeness (QED) is 0.190. The molecule has 0 spiro atoms. The van der Waals surface area contributed by atoms with Crippen LogP contribution >= 0.6 is 23.4 Å². The molecule has 6 nitrogen and oxygen atoms in total. The summed E-state index contributed by atoms with van der Waals surface area (Å²) in [5.41, 5.74) is 2.54. The molecular weight excluding hydrogens is 544 g/mol. The van der Waals surface area contributed by atoms with Crippen molar-refractivity contribution in [3.63, 3.8) is 0 Å². The molecule has 1 amide bonds. The van der Waals surface area contributed by atoms with Crippen LogP contribution in [0.1, 0.15) is 25.0 Å². The van der Waals surface area contributed by atoms with Crippen molar-refractivity contribution in [3.05, 3.63) is 99.9 Å². The minimum atomic E-state index is -0.106. The average Bonchev–Trinajstić information content (AvgIpc) is 3.26. The van der Waals surface area contributed by atoms with Crippen LogP contribution in [0.2, 0.25) is 5.02 Å². The van der Waals surface area contributed by atoms with Gasteiger partial charge >= 0.3 is 0 Å². The molecule has 1 aliphatic rings. The van der Waals surface area contributed by atoms with Gasteiger partial charge in [-0.1, -0.05) is 54.1 Å². The van der Waals surface area contributed by atoms with Crippen molar-refractivity contribution in [2.45, 2.75) is 20.5 Å². The Labute approximate surface area is 243 Å². The van der Waals surface area contributed by atoms with Gasteiger partial charge in [-0.15, -0.1) is 0 Å². The van der Waals surface area contributed by atoms with E-state index in [1.807, 2.05) is 74.5 Å². The lowest BCUT2D eigenvalue weighted by Gasteiger charge is -2.15. The maximum Gasteiger partial charge on any atom is 0.266 e. The van der Waals surface area contributed by atoms with Gasteiger partial charge < -0.3 is 14.2 Å². The number of benzene rings is 4. The lowest BCUT2D eigenvalue weighted by atomic mass is 10.1. The van der Waals surface area contributed by atoms with E-state index in [4.69, 9.17) is 30.8 Å². The Hall–Kier alpha value is -3.94. The fourth-order valence-corrected chi connectivity index (χ4v) is 5.77. The van der Waals surface area contributed by atoms with Gasteiger partial charge in [-0.2, -0.15) is 0 Å². The molecular formula is C32H29ClN2O4S. The number of amidine groups is 1. The van der Waals surface area contributed by atoms with Gasteiger partial charge in [-0.3, -0.25) is 9.69 Å². The highest BCUT2D eigenvalue weighted by Gasteiger charge is 2.32. The number of halogens is 1. The second-order valence-corrected chi connectivity index (χ2v) is 10.4. The van der Waals surface area contributed by atoms with Crippen molar-refractivity contribution >= 4 is 57.0 Å². The molecule has 0 unspecified atom stereocenters. The largest absolute Gasteiger partial charge is 0.497 e. The minimum absolute atomic E-state index is 0.106. The molecule has 1 saturated heterocycles. The Morgan fingerprint density at radius 1 is 0.975 bits per heavy atom. The van der Waals surface area contributed by atoms with E-state index in [9.17, 15) is 4.79 Å². The highest BCUT2D eigenvalue weighted by molar-refractivity contribution is 8.18. The molecule has 4 aromatic rings. The summed E-state index contributed by atoms with van der Waals surface area (Å²) in [5.74, 6) is 1.64. The second kappa shape index (κ2) is 12.5. The molecule has 40 heavy (non-hydrogen) atoms. The number of fused-ring (bicyclic) bond motifs is 1. The summed E-state index contributed by atoms with van der Waals surface area (Å²) in [6.07, 6.45) is 1.81. The van der Waals surface area contributed by atoms with Gasteiger partial charge in [0.15, 0.2) is 16.7 Å². The van der Waals surface area contributed by atoms with E-state index in [1.54, 1.807) is 18.1 Å². The van der Waals surface area contributed by atoms with Gasteiger partial charge in [0.2, 0.25) is 0 Å². The molecule has 8 heteroatoms. The lowest BCUT2D eigenvalue weighted by molar-refractivity contribution is -0.122. The number of carbonyl (C=O) groups is 1. The van der Waals surface area contributed by atoms with Gasteiger partial charge in [0.25, 0.3) is 5.91 Å². The first kappa shape index (κ1) is 27.6. The molecule has 0 saturated carbocycles. The van der Waals surface area contributed by atoms with Crippen LogP contribution < -0.4 is 14.2 Å². The van der Waals surface area contributed by atoms with E-state index in [2.05, 4.69) is 18.2 Å². The molecule has 1 heterocycles. The number of aliphatic imine (C=N–C) groups is 1. The third-order valence-corrected chi connectivity index (χ3v) is 7.67. The van der Waals surface area contributed by atoms with Crippen LogP contribution in [0, 0.1) is 0 Å². The summed E-state index contributed by atoms with van der Waals surface area (Å²) in [6.45, 7) is 5.12. The summed E-state index contributed by atoms with van der Waals surface area (Å²) in [6, 6.07) is 25.4. The number of thioether (sulfide) groups is 1. The Bertz CT molecular complexity index is 1600. The highest BCUT2D eigenvalue weighted by atomic mass is 35.5. The standard InChI is InChI=1S/C32H29ClN2O4S/c1-4-35-31(36)29(40-32(35)34-24-13-15-25(37-3)16-14-24)19-21-17-27(33)30(28(18-21)38-5-2)39-20-23-11-8-10-22-9-6-7-12-26(22)23/h6-19H,4-5,20H2,1-3H3/b29-19+,34-32?. The van der Waals surface area contributed by atoms with Crippen molar-refractivity contribution in [2.75, 3.05) is 20.3 Å². The van der Waals surface area contributed by atoms with Crippen LogP contribution in [0.3, 0.4) is 0 Å². The zero-order valence-corrected chi connectivity index (χ0v) is 24.1. The number of methoxy groups -OCH3 is 1. The number of nitrogens with zero attached hydrogens (tertiary/aromatic N) is 2. The molecule has 0 aromatic heterocycles. The van der Waals surface area contributed by atoms with Crippen LogP contribution in [0.4, 0.5) is 5.69 Å². The Morgan fingerprint density at radius 3 is 2.50 bits per heavy atom. The van der Waals surface area contributed by atoms with Gasteiger partial charge in [0.1, 0.15) is 12.4 Å². The van der Waals surface area contributed by atoms with Crippen molar-refractivity contribution in [2.24, 2.45) is 4.99 Å². The summed E-state index contributed by atoms with van der Waals surface area (Å²) in [7, 11) is 1.62. The molecule has 204 valence electrons. The van der Waals surface area contributed by atoms with E-state index in [-0.39, 0.29) is 5.91 Å². The Kier molecular flexibility index (Phi) is 8.63. The lowest BCUT2D eigenvalue weighted by Crippen LogP contribution is -2.28. The van der Waals surface area contributed by atoms with Crippen molar-refractivity contribution in [3.8, 4) is 17.2 Å². The topological polar surface area (TPSA) is 60.4 Å². The molecule has 4 aromatic carbocycles. The smallest absolute Gasteiger partial charge is 0.266 e. The molecule has 1 fully saturated rings. The fraction of sp³-hybridized carbons (Fsp3) is 0.188. The SMILES string of the molecule is CCOc1cc(/C=C2/SC(=Nc3ccc(OC)cc3)N(CC)C2=O)cc(Cl)c1OCc1cccc2ccccc12. The number of rotatable bonds is 9. The van der Waals surface area contributed by atoms with E-state index in [1.165, 1.54) is 11.8 Å². The third kappa shape index (κ3) is 5.96. The maximum absolute atomic E-state index is 13.2. The summed E-state index contributed by atoms with van der Waals surface area (Å²) in [4.78, 5) is 20.1. The minimum Gasteiger partial charge on any atom is -0.497 e. The monoisotopic (exact) mass is 572 g/mol. The molecule has 0 aliphatic carbocycles. The third-order valence-electron chi connectivity index (χ3n) is 6.38. The second-order valence-electron chi connectivity index (χ2n) is 8.94. The number of likely N-dealkylation sites (N-methyl/N-ethyl adjacent to an activating group) is 1. The van der Waals surface area contributed by atoms with Crippen LogP contribution in [0.25, 0.3) is 16.8 Å². The average molecular weight is 573 g/mol. The fourth-order valence-electron chi connectivity index (χ4n) is 4.43. The zero-order valence-electron chi connectivity index (χ0n) is 22.5. The van der Waals surface area contributed by atoms with E-state index >= 15 is 0 Å². The van der Waals surface area contributed by atoms with Gasteiger partial charge in [-0.25, -0.2) is 4.99 Å². The summed E-state index contributed by atoms with van der Waals surface area (Å²) < 4.78 is 17.3. The molecule has 0 bridgehead atoms. The predicted molar refractivity (Wildman–Crippen MR) is 164 cm³/mol. The molecule has 5 rings (SSSR count). The molecule has 1 aliphatic heterocycles. The van der Waals surface area contributed by atoms with Crippen molar-refractivity contribution in [1.82, 2.24) is 4.90 Å². The van der Waals surface area contributed by atoms with E-state index in [0.717, 1.165) is 33.3 Å². The number of ether oxygens (including phenoxy) is 3. The number of hydrogen-bond donors (Lipinski definition) is 0. The van der Waals surface area contributed by atoms with Gasteiger partial charge in [0, 0.05) is 6.54 Å². The van der Waals surface area contributed by atoms with E-state index in [0.29, 0.717) is 46.4 Å². The molecule has 0 radical (unpaired) electrons. The summed E-state index contributed by atoms with van der Waals surface area (Å²) in [5, 5.41) is 3.31. The van der Waals surface area contributed by atoms with E-state index < -0.39 is 0 Å². The first-order valence-corrected chi connectivity index (χ1v) is 14.2. The van der Waals surface area contributed by atoms with Gasteiger partial charge in [-0.05, 0) is 90.0 Å². The first-order chi connectivity index (χ1) is 19.5. The van der Waals surface area contributed by atoms with Crippen molar-refractivity contribution in [1.29, 1.82) is 0 Å². The van der Waals surface area contributed by atoms with Crippen molar-refractivity contribution < 1.29 is 19.0 Å². The Morgan fingerprint density at radius 2 is 1.75 bits per heavy atom. The molecule has 0 N–H and O–H groups in total. The number of carbonyl (C=O) groups excluding carboxylic acids is 1. The van der Waals surface area contributed by atoms with Gasteiger partial charge in [0.05, 0.1) is 29.3 Å². The summed E-state index contributed by atoms with van der Waals surface area (Å²) >= 11 is 8.05. The number of amides is 1. The van der Waals surface area contributed by atoms with Crippen LogP contribution in [0.5, 0.6) is 17.2 Å². The molecule has 0 atom stereocenters. The van der Waals surface area contributed by atoms with Crippen LogP contribution in [-0.4, -0.2) is 36.2 Å². The van der Waals surface area contributed by atoms with Crippen LogP contribution in [-0.2, 0) is 11.4 Å². The predicted octanol–water partition coefficient (Wildman–Crippen LogP) is 8.10. The highest BCUT2D eigenvalue weighted by Crippen LogP contribution is 2.40. The first-order valence-electron chi connectivity index (χ1n) is 13.0.